The largest absolute Gasteiger partial charge is 0.308 e. The summed E-state index contributed by atoms with van der Waals surface area (Å²) in [6, 6.07) is 3.30. The van der Waals surface area contributed by atoms with E-state index in [1.165, 1.54) is 4.88 Å². The van der Waals surface area contributed by atoms with Crippen LogP contribution in [0.2, 0.25) is 0 Å². The summed E-state index contributed by atoms with van der Waals surface area (Å²) in [5.74, 6) is 0. The van der Waals surface area contributed by atoms with Gasteiger partial charge < -0.3 is 4.57 Å². The van der Waals surface area contributed by atoms with Crippen LogP contribution in [0.4, 0.5) is 0 Å². The number of halogens is 1. The number of aromatic nitrogens is 2. The van der Waals surface area contributed by atoms with Crippen molar-refractivity contribution in [3.05, 3.63) is 48.7 Å². The highest BCUT2D eigenvalue weighted by Gasteiger charge is 2.05. The molecule has 0 unspecified atom stereocenters. The van der Waals surface area contributed by atoms with E-state index in [2.05, 4.69) is 20.9 Å². The van der Waals surface area contributed by atoms with Gasteiger partial charge in [0.15, 0.2) is 0 Å². The molecule has 0 N–H and O–H groups in total. The number of pyridine rings is 1. The summed E-state index contributed by atoms with van der Waals surface area (Å²) in [7, 11) is 0. The van der Waals surface area contributed by atoms with E-state index in [0.29, 0.717) is 6.54 Å². The van der Waals surface area contributed by atoms with Crippen LogP contribution >= 0.6 is 27.3 Å². The molecular weight excluding hydrogens is 288 g/mol. The Morgan fingerprint density at radius 3 is 2.81 bits per heavy atom. The Balaban J connectivity index is 2.33. The zero-order chi connectivity index (χ0) is 11.7. The molecule has 2 aromatic rings. The number of nitrogens with zero attached hydrogens (tertiary/aromatic N) is 2. The Morgan fingerprint density at radius 2 is 2.19 bits per heavy atom. The first kappa shape index (κ1) is 11.5. The maximum atomic E-state index is 11.6. The van der Waals surface area contributed by atoms with E-state index in [0.717, 1.165) is 15.2 Å². The Kier molecular flexibility index (Phi) is 3.25. The highest BCUT2D eigenvalue weighted by Crippen LogP contribution is 2.17. The third-order valence-electron chi connectivity index (χ3n) is 2.33. The van der Waals surface area contributed by atoms with Crippen molar-refractivity contribution in [2.45, 2.75) is 20.4 Å². The molecule has 0 bridgehead atoms. The lowest BCUT2D eigenvalue weighted by atomic mass is 10.4. The van der Waals surface area contributed by atoms with Gasteiger partial charge in [-0.25, -0.2) is 4.98 Å². The van der Waals surface area contributed by atoms with Gasteiger partial charge in [-0.3, -0.25) is 4.79 Å². The van der Waals surface area contributed by atoms with Crippen molar-refractivity contribution in [2.75, 3.05) is 0 Å². The number of hydrogen-bond acceptors (Lipinski definition) is 3. The fraction of sp³-hybridized carbons (Fsp3) is 0.273. The maximum absolute atomic E-state index is 11.6. The molecule has 0 radical (unpaired) electrons. The van der Waals surface area contributed by atoms with Gasteiger partial charge in [0.25, 0.3) is 5.56 Å². The van der Waals surface area contributed by atoms with Crippen molar-refractivity contribution >= 4 is 27.3 Å². The van der Waals surface area contributed by atoms with E-state index in [-0.39, 0.29) is 5.56 Å². The molecule has 0 saturated carbocycles. The molecular formula is C11H11BrN2OS. The van der Waals surface area contributed by atoms with Gasteiger partial charge >= 0.3 is 0 Å². The van der Waals surface area contributed by atoms with Crippen LogP contribution in [0.5, 0.6) is 0 Å². The Labute approximate surface area is 106 Å². The van der Waals surface area contributed by atoms with Gasteiger partial charge in [0.05, 0.1) is 12.2 Å². The van der Waals surface area contributed by atoms with Crippen LogP contribution in [0, 0.1) is 13.8 Å². The molecule has 2 rings (SSSR count). The highest BCUT2D eigenvalue weighted by atomic mass is 79.9. The predicted molar refractivity (Wildman–Crippen MR) is 69.1 cm³/mol. The summed E-state index contributed by atoms with van der Waals surface area (Å²) in [4.78, 5) is 17.2. The van der Waals surface area contributed by atoms with E-state index in [1.54, 1.807) is 34.2 Å². The van der Waals surface area contributed by atoms with Crippen LogP contribution in [-0.4, -0.2) is 9.55 Å². The van der Waals surface area contributed by atoms with E-state index in [4.69, 9.17) is 0 Å². The third-order valence-corrected chi connectivity index (χ3v) is 3.85. The van der Waals surface area contributed by atoms with Crippen molar-refractivity contribution < 1.29 is 0 Å². The Bertz CT molecular complexity index is 554. The summed E-state index contributed by atoms with van der Waals surface area (Å²) in [6.07, 6.45) is 1.79. The fourth-order valence-electron chi connectivity index (χ4n) is 1.38. The molecule has 2 heterocycles. The summed E-state index contributed by atoms with van der Waals surface area (Å²) >= 11 is 4.99. The van der Waals surface area contributed by atoms with Gasteiger partial charge in [-0.05, 0) is 35.8 Å². The number of hydrogen-bond donors (Lipinski definition) is 0. The zero-order valence-electron chi connectivity index (χ0n) is 9.03. The lowest BCUT2D eigenvalue weighted by molar-refractivity contribution is 0.749. The van der Waals surface area contributed by atoms with Crippen molar-refractivity contribution in [1.82, 2.24) is 9.55 Å². The molecule has 0 fully saturated rings. The summed E-state index contributed by atoms with van der Waals surface area (Å²) in [5, 5.41) is 0.968. The second-order valence-corrected chi connectivity index (χ2v) is 5.77. The molecule has 5 heteroatoms. The van der Waals surface area contributed by atoms with Gasteiger partial charge in [-0.2, -0.15) is 0 Å². The second kappa shape index (κ2) is 4.51. The Morgan fingerprint density at radius 1 is 1.44 bits per heavy atom. The molecule has 0 atom stereocenters. The van der Waals surface area contributed by atoms with Crippen LogP contribution in [-0.2, 0) is 6.54 Å². The van der Waals surface area contributed by atoms with E-state index in [9.17, 15) is 4.79 Å². The standard InChI is InChI=1S/C11H11BrN2OS/c1-7-8(2)16-10(13-7)6-14-5-9(12)3-4-11(14)15/h3-5H,6H2,1-2H3. The molecule has 2 aromatic heterocycles. The number of aryl methyl sites for hydroxylation is 2. The lowest BCUT2D eigenvalue weighted by Crippen LogP contribution is -2.18. The Hall–Kier alpha value is -0.940. The molecule has 3 nitrogen and oxygen atoms in total. The van der Waals surface area contributed by atoms with Crippen molar-refractivity contribution in [1.29, 1.82) is 0 Å². The normalized spacial score (nSPS) is 10.7. The highest BCUT2D eigenvalue weighted by molar-refractivity contribution is 9.10. The first-order chi connectivity index (χ1) is 7.56. The third kappa shape index (κ3) is 2.41. The lowest BCUT2D eigenvalue weighted by Gasteiger charge is -2.02. The predicted octanol–water partition coefficient (Wildman–Crippen LogP) is 2.73. The van der Waals surface area contributed by atoms with Gasteiger partial charge in [0, 0.05) is 21.6 Å². The van der Waals surface area contributed by atoms with Crippen molar-refractivity contribution in [3.8, 4) is 0 Å². The molecule has 0 aromatic carbocycles. The summed E-state index contributed by atoms with van der Waals surface area (Å²) < 4.78 is 2.55. The maximum Gasteiger partial charge on any atom is 0.250 e. The molecule has 84 valence electrons. The molecule has 0 aliphatic heterocycles. The van der Waals surface area contributed by atoms with Gasteiger partial charge in [-0.1, -0.05) is 0 Å². The molecule has 0 amide bonds. The van der Waals surface area contributed by atoms with E-state index >= 15 is 0 Å². The molecule has 16 heavy (non-hydrogen) atoms. The van der Waals surface area contributed by atoms with Crippen LogP contribution in [0.15, 0.2) is 27.6 Å². The minimum atomic E-state index is -0.00583. The minimum absolute atomic E-state index is 0.00583. The van der Waals surface area contributed by atoms with Crippen LogP contribution < -0.4 is 5.56 Å². The number of rotatable bonds is 2. The average molecular weight is 299 g/mol. The van der Waals surface area contributed by atoms with Gasteiger partial charge in [0.1, 0.15) is 5.01 Å². The first-order valence-electron chi connectivity index (χ1n) is 4.85. The first-order valence-corrected chi connectivity index (χ1v) is 6.46. The molecule has 0 saturated heterocycles. The zero-order valence-corrected chi connectivity index (χ0v) is 11.4. The van der Waals surface area contributed by atoms with Crippen LogP contribution in [0.25, 0.3) is 0 Å². The monoisotopic (exact) mass is 298 g/mol. The van der Waals surface area contributed by atoms with Gasteiger partial charge in [0.2, 0.25) is 0 Å². The minimum Gasteiger partial charge on any atom is -0.308 e. The number of thiazole rings is 1. The molecule has 0 spiro atoms. The SMILES string of the molecule is Cc1nc(Cn2cc(Br)ccc2=O)sc1C. The van der Waals surface area contributed by atoms with Crippen LogP contribution in [0.3, 0.4) is 0 Å². The smallest absolute Gasteiger partial charge is 0.250 e. The van der Waals surface area contributed by atoms with E-state index < -0.39 is 0 Å². The molecule has 0 aliphatic carbocycles. The summed E-state index contributed by atoms with van der Waals surface area (Å²) in [6.45, 7) is 4.57. The molecule has 0 aliphatic rings. The fourth-order valence-corrected chi connectivity index (χ4v) is 2.69. The quantitative estimate of drug-likeness (QED) is 0.854. The van der Waals surface area contributed by atoms with Gasteiger partial charge in [-0.15, -0.1) is 11.3 Å². The second-order valence-electron chi connectivity index (χ2n) is 3.56. The van der Waals surface area contributed by atoms with E-state index in [1.807, 2.05) is 13.8 Å². The topological polar surface area (TPSA) is 34.9 Å². The average Bonchev–Trinajstić information content (AvgIpc) is 2.52. The van der Waals surface area contributed by atoms with Crippen LogP contribution in [0.1, 0.15) is 15.6 Å². The van der Waals surface area contributed by atoms with Crippen molar-refractivity contribution in [3.63, 3.8) is 0 Å². The summed E-state index contributed by atoms with van der Waals surface area (Å²) in [5.41, 5.74) is 1.04. The van der Waals surface area contributed by atoms with Crippen molar-refractivity contribution in [2.24, 2.45) is 0 Å².